The summed E-state index contributed by atoms with van der Waals surface area (Å²) in [4.78, 5) is 59.6. The monoisotopic (exact) mass is 1320 g/mol. The summed E-state index contributed by atoms with van der Waals surface area (Å²) in [7, 11) is 0. The zero-order chi connectivity index (χ0) is 65.5. The Morgan fingerprint density at radius 1 is 0.404 bits per heavy atom. The number of carbonyl (C=O) groups is 2. The molecule has 2 fully saturated rings. The highest BCUT2D eigenvalue weighted by molar-refractivity contribution is 7.17. The topological polar surface area (TPSA) is 146 Å². The van der Waals surface area contributed by atoms with Gasteiger partial charge in [-0.3, -0.25) is 28.5 Å². The van der Waals surface area contributed by atoms with Crippen LogP contribution < -0.4 is 35.1 Å². The Hall–Kier alpha value is -7.90. The van der Waals surface area contributed by atoms with Crippen molar-refractivity contribution in [2.75, 3.05) is 95.1 Å². The van der Waals surface area contributed by atoms with Crippen LogP contribution in [0.1, 0.15) is 124 Å². The van der Waals surface area contributed by atoms with E-state index in [2.05, 4.69) is 99.7 Å². The fourth-order valence-electron chi connectivity index (χ4n) is 12.0. The summed E-state index contributed by atoms with van der Waals surface area (Å²) in [5, 5.41) is 8.78. The molecule has 5 aromatic carbocycles. The zero-order valence-electron chi connectivity index (χ0n) is 55.4. The average molecular weight is 1320 g/mol. The molecule has 0 amide bonds. The number of rotatable bonds is 31. The number of benzene rings is 5. The molecule has 6 heterocycles. The van der Waals surface area contributed by atoms with Crippen molar-refractivity contribution in [2.45, 2.75) is 137 Å². The lowest BCUT2D eigenvalue weighted by atomic mass is 10.1. The Morgan fingerprint density at radius 3 is 1.32 bits per heavy atom. The molecule has 9 aromatic rings. The Labute approximate surface area is 562 Å². The summed E-state index contributed by atoms with van der Waals surface area (Å²) >= 11 is 3.60. The van der Waals surface area contributed by atoms with E-state index in [9.17, 15) is 19.2 Å². The third kappa shape index (κ3) is 21.6. The van der Waals surface area contributed by atoms with E-state index in [1.54, 1.807) is 59.1 Å². The smallest absolute Gasteiger partial charge is 0.494 e. The van der Waals surface area contributed by atoms with Crippen LogP contribution in [0.4, 0.5) is 21.0 Å². The molecule has 0 N–H and O–H groups in total. The minimum absolute atomic E-state index is 0.204. The molecule has 2 aliphatic rings. The average Bonchev–Trinajstić information content (AvgIpc) is 1.16. The fourth-order valence-corrected chi connectivity index (χ4v) is 13.6. The van der Waals surface area contributed by atoms with E-state index in [1.807, 2.05) is 42.5 Å². The van der Waals surface area contributed by atoms with Crippen molar-refractivity contribution >= 4 is 88.3 Å². The normalized spacial score (nSPS) is 13.5. The highest BCUT2D eigenvalue weighted by Gasteiger charge is 2.21. The van der Waals surface area contributed by atoms with Crippen molar-refractivity contribution in [3.8, 4) is 17.2 Å². The first-order valence-electron chi connectivity index (χ1n) is 34.3. The van der Waals surface area contributed by atoms with Gasteiger partial charge in [0.05, 0.1) is 30.9 Å². The van der Waals surface area contributed by atoms with Crippen molar-refractivity contribution in [3.63, 3.8) is 0 Å². The maximum absolute atomic E-state index is 12.6. The van der Waals surface area contributed by atoms with Gasteiger partial charge in [0.2, 0.25) is 0 Å². The van der Waals surface area contributed by atoms with Crippen LogP contribution in [0.5, 0.6) is 17.2 Å². The van der Waals surface area contributed by atoms with E-state index in [4.69, 9.17) is 28.4 Å². The number of ether oxygens (including phenoxy) is 6. The van der Waals surface area contributed by atoms with Gasteiger partial charge in [-0.25, -0.2) is 9.59 Å². The predicted molar refractivity (Wildman–Crippen MR) is 385 cm³/mol. The highest BCUT2D eigenvalue weighted by Crippen LogP contribution is 2.33. The summed E-state index contributed by atoms with van der Waals surface area (Å²) in [6.07, 6.45) is 17.5. The lowest BCUT2D eigenvalue weighted by Crippen LogP contribution is -2.46. The van der Waals surface area contributed by atoms with Gasteiger partial charge in [0.15, 0.2) is 13.5 Å². The lowest BCUT2D eigenvalue weighted by Gasteiger charge is -2.36. The third-order valence-electron chi connectivity index (χ3n) is 17.3. The number of hydrogen-bond donors (Lipinski definition) is 0. The van der Waals surface area contributed by atoms with E-state index in [-0.39, 0.29) is 24.6 Å². The summed E-state index contributed by atoms with van der Waals surface area (Å²) in [6.45, 7) is 18.3. The quantitative estimate of drug-likeness (QED) is 0.0231. The first-order valence-corrected chi connectivity index (χ1v) is 36.0. The molecule has 0 saturated carbocycles. The van der Waals surface area contributed by atoms with Crippen LogP contribution in [0.25, 0.3) is 42.0 Å². The van der Waals surface area contributed by atoms with Crippen LogP contribution in [0, 0.1) is 0 Å². The van der Waals surface area contributed by atoms with Crippen molar-refractivity contribution in [2.24, 2.45) is 0 Å². The van der Waals surface area contributed by atoms with E-state index >= 15 is 0 Å². The van der Waals surface area contributed by atoms with Gasteiger partial charge < -0.3 is 38.2 Å². The molecule has 0 spiro atoms. The molecule has 11 rings (SSSR count). The number of thiophene rings is 2. The first-order chi connectivity index (χ1) is 46.2. The van der Waals surface area contributed by atoms with Gasteiger partial charge in [0.25, 0.3) is 11.1 Å². The van der Waals surface area contributed by atoms with Crippen molar-refractivity contribution in [1.82, 2.24) is 18.9 Å². The molecular formula is C76H96N6O10S2. The van der Waals surface area contributed by atoms with Crippen molar-refractivity contribution < 1.29 is 38.0 Å². The molecule has 16 nitrogen and oxygen atoms in total. The zero-order valence-corrected chi connectivity index (χ0v) is 57.1. The highest BCUT2D eigenvalue weighted by atomic mass is 32.1. The van der Waals surface area contributed by atoms with Crippen LogP contribution in [0.15, 0.2) is 160 Å². The van der Waals surface area contributed by atoms with E-state index < -0.39 is 12.3 Å². The number of anilines is 2. The van der Waals surface area contributed by atoms with Crippen LogP contribution in [0.2, 0.25) is 0 Å². The summed E-state index contributed by atoms with van der Waals surface area (Å²) in [6, 6.07) is 44.1. The SMILES string of the molecule is CCCCCCCC.CCCCCCCCOC(=O)OCn1c(=O)ccc2ccc(OCCCCN3CCN(c4cccc5sccc45)CC3)cc21.O=C(OCn1c(=O)ccc2ccc(OCCCCN3CCN(c4cccc5sccc45)CC3)cc21)Oc1ccccc1. The predicted octanol–water partition coefficient (Wildman–Crippen LogP) is 17.4. The number of piperazine rings is 2. The largest absolute Gasteiger partial charge is 0.515 e. The number of nitrogens with zero attached hydrogens (tertiary/aromatic N) is 6. The molecule has 0 bridgehead atoms. The second-order valence-electron chi connectivity index (χ2n) is 24.1. The molecule has 4 aromatic heterocycles. The number of unbranched alkanes of at least 4 members (excludes halogenated alkanes) is 12. The molecule has 94 heavy (non-hydrogen) atoms. The van der Waals surface area contributed by atoms with Gasteiger partial charge in [-0.1, -0.05) is 122 Å². The minimum Gasteiger partial charge on any atom is -0.494 e. The standard InChI is InChI=1S/C35H45N3O5S.C33H33N3O5S.C8H18/c1-2-3-4-5-6-8-24-42-35(40)43-27-38-32-26-29(15-13-28(32)14-16-34(38)39)41-23-9-7-18-36-19-21-37(22-20-36)31-11-10-12-33-30(31)17-25-44-33;37-32-14-12-25-11-13-27(23-30(25)36(32)24-40-33(38)41-26-7-2-1-3-8-26)39-21-5-4-16-34-17-19-35(20-18-34)29-9-6-10-31-28(29)15-22-42-31;1-3-5-7-8-6-4-2/h10-17,25-26H,2-9,18-24,27H2,1H3;1-3,6-15,22-23H,4-5,16-21,24H2;3-8H2,1-2H3. The molecule has 502 valence electrons. The number of carbonyl (C=O) groups excluding carboxylic acids is 2. The number of aromatic nitrogens is 2. The van der Waals surface area contributed by atoms with E-state index in [0.717, 1.165) is 121 Å². The van der Waals surface area contributed by atoms with Crippen LogP contribution in [0.3, 0.4) is 0 Å². The first kappa shape index (κ1) is 70.4. The van der Waals surface area contributed by atoms with Gasteiger partial charge in [0, 0.05) is 108 Å². The second kappa shape index (κ2) is 38.5. The van der Waals surface area contributed by atoms with Gasteiger partial charge >= 0.3 is 12.3 Å². The minimum atomic E-state index is -0.876. The van der Waals surface area contributed by atoms with Gasteiger partial charge in [-0.15, -0.1) is 22.7 Å². The third-order valence-corrected chi connectivity index (χ3v) is 19.1. The van der Waals surface area contributed by atoms with Crippen LogP contribution >= 0.6 is 22.7 Å². The number of fused-ring (bicyclic) bond motifs is 4. The summed E-state index contributed by atoms with van der Waals surface area (Å²) in [5.74, 6) is 1.74. The van der Waals surface area contributed by atoms with E-state index in [0.29, 0.717) is 48.1 Å². The Morgan fingerprint density at radius 2 is 0.840 bits per heavy atom. The summed E-state index contributed by atoms with van der Waals surface area (Å²) < 4.78 is 38.5. The molecule has 0 atom stereocenters. The molecule has 0 radical (unpaired) electrons. The van der Waals surface area contributed by atoms with E-state index in [1.165, 1.54) is 111 Å². The van der Waals surface area contributed by atoms with Gasteiger partial charge in [0.1, 0.15) is 17.2 Å². The van der Waals surface area contributed by atoms with Crippen LogP contribution in [-0.2, 0) is 27.7 Å². The van der Waals surface area contributed by atoms with Gasteiger partial charge in [-0.2, -0.15) is 0 Å². The molecule has 2 saturated heterocycles. The number of para-hydroxylation sites is 1. The van der Waals surface area contributed by atoms with Gasteiger partial charge in [-0.05, 0) is 152 Å². The second-order valence-corrected chi connectivity index (χ2v) is 26.0. The number of pyridine rings is 2. The number of hydrogen-bond acceptors (Lipinski definition) is 16. The van der Waals surface area contributed by atoms with Crippen LogP contribution in [-0.4, -0.2) is 117 Å². The Balaban J connectivity index is 0.000000198. The lowest BCUT2D eigenvalue weighted by molar-refractivity contribution is 0.0331. The molecule has 0 aliphatic carbocycles. The maximum atomic E-state index is 12.6. The van der Waals surface area contributed by atoms with Crippen molar-refractivity contribution in [3.05, 3.63) is 171 Å². The molecule has 18 heteroatoms. The molecular weight excluding hydrogens is 1220 g/mol. The molecule has 2 aliphatic heterocycles. The fraction of sp³-hybridized carbons (Fsp3) is 0.447. The Bertz CT molecular complexity index is 3850. The maximum Gasteiger partial charge on any atom is 0.515 e. The Kier molecular flexibility index (Phi) is 28.8. The summed E-state index contributed by atoms with van der Waals surface area (Å²) in [5.41, 5.74) is 3.47. The van der Waals surface area contributed by atoms with Crippen molar-refractivity contribution in [1.29, 1.82) is 0 Å². The molecule has 0 unspecified atom stereocenters.